The molecule has 0 fully saturated rings. The predicted molar refractivity (Wildman–Crippen MR) is 46.2 cm³/mol. The van der Waals surface area contributed by atoms with Gasteiger partial charge in [-0.1, -0.05) is 33.1 Å². The molecule has 0 N–H and O–H groups in total. The van der Waals surface area contributed by atoms with Crippen molar-refractivity contribution in [2.75, 3.05) is 0 Å². The summed E-state index contributed by atoms with van der Waals surface area (Å²) in [5, 5.41) is 0.306. The summed E-state index contributed by atoms with van der Waals surface area (Å²) < 4.78 is 0. The fourth-order valence-corrected chi connectivity index (χ4v) is 0.354. The molecule has 0 aromatic carbocycles. The molecule has 0 saturated carbocycles. The van der Waals surface area contributed by atoms with E-state index in [9.17, 15) is 0 Å². The number of hydrogen-bond donors (Lipinski definition) is 0. The highest BCUT2D eigenvalue weighted by molar-refractivity contribution is 6.20. The number of rotatable bonds is 2. The first-order valence-corrected chi connectivity index (χ1v) is 4.22. The molecule has 0 spiro atoms. The van der Waals surface area contributed by atoms with Gasteiger partial charge < -0.3 is 0 Å². The lowest BCUT2D eigenvalue weighted by Gasteiger charge is -1.79. The third kappa shape index (κ3) is 62.5. The Kier molecular flexibility index (Phi) is 14.9. The number of hydrogen-bond acceptors (Lipinski definition) is 0. The normalized spacial score (nSPS) is 8.67. The van der Waals surface area contributed by atoms with Gasteiger partial charge in [0.25, 0.3) is 0 Å². The van der Waals surface area contributed by atoms with Crippen LogP contribution in [0.4, 0.5) is 0 Å². The molecule has 0 amide bonds. The van der Waals surface area contributed by atoms with Gasteiger partial charge in [0.05, 0.1) is 0 Å². The molecule has 0 aliphatic heterocycles. The lowest BCUT2D eigenvalue weighted by Crippen LogP contribution is -1.70. The maximum absolute atomic E-state index is 5.27. The van der Waals surface area contributed by atoms with E-state index in [1.54, 1.807) is 0 Å². The van der Waals surface area contributed by atoms with Gasteiger partial charge in [-0.2, -0.15) is 0 Å². The maximum Gasteiger partial charge on any atom is 0.0279 e. The van der Waals surface area contributed by atoms with Crippen molar-refractivity contribution in [3.8, 4) is 0 Å². The molecule has 0 aliphatic rings. The smallest absolute Gasteiger partial charge is 0.0279 e. The van der Waals surface area contributed by atoms with Gasteiger partial charge in [0.1, 0.15) is 0 Å². The van der Waals surface area contributed by atoms with Crippen LogP contribution in [0.2, 0.25) is 0 Å². The topological polar surface area (TPSA) is 0 Å². The molecule has 0 aliphatic carbocycles. The van der Waals surface area contributed by atoms with Crippen LogP contribution in [-0.4, -0.2) is 5.38 Å². The first-order chi connectivity index (χ1) is 4.15. The summed E-state index contributed by atoms with van der Waals surface area (Å²) in [5.41, 5.74) is 0. The van der Waals surface area contributed by atoms with E-state index in [-0.39, 0.29) is 0 Å². The van der Waals surface area contributed by atoms with E-state index in [0.29, 0.717) is 5.38 Å². The van der Waals surface area contributed by atoms with E-state index in [0.717, 1.165) is 0 Å². The van der Waals surface area contributed by atoms with Gasteiger partial charge in [0.15, 0.2) is 0 Å². The van der Waals surface area contributed by atoms with Crippen molar-refractivity contribution < 1.29 is 0 Å². The molecule has 0 heterocycles. The van der Waals surface area contributed by atoms with Crippen molar-refractivity contribution in [2.45, 2.75) is 52.3 Å². The van der Waals surface area contributed by atoms with E-state index in [1.165, 1.54) is 19.3 Å². The Morgan fingerprint density at radius 3 is 1.33 bits per heavy atom. The van der Waals surface area contributed by atoms with Gasteiger partial charge >= 0.3 is 0 Å². The van der Waals surface area contributed by atoms with Gasteiger partial charge in [-0.05, 0) is 13.8 Å². The SMILES string of the molecule is CC(C)Cl.CCCCC. The largest absolute Gasteiger partial charge is 0.124 e. The maximum atomic E-state index is 5.27. The monoisotopic (exact) mass is 150 g/mol. The van der Waals surface area contributed by atoms with Crippen molar-refractivity contribution in [2.24, 2.45) is 0 Å². The third-order valence-corrected chi connectivity index (χ3v) is 0.707. The fourth-order valence-electron chi connectivity index (χ4n) is 0.354. The molecule has 0 aromatic rings. The highest BCUT2D eigenvalue weighted by Gasteiger charge is 1.71. The van der Waals surface area contributed by atoms with Crippen molar-refractivity contribution in [1.29, 1.82) is 0 Å². The van der Waals surface area contributed by atoms with E-state index in [2.05, 4.69) is 13.8 Å². The predicted octanol–water partition coefficient (Wildman–Crippen LogP) is 3.83. The fraction of sp³-hybridized carbons (Fsp3) is 1.00. The Labute approximate surface area is 64.6 Å². The van der Waals surface area contributed by atoms with Crippen molar-refractivity contribution in [1.82, 2.24) is 0 Å². The molecule has 0 aromatic heterocycles. The van der Waals surface area contributed by atoms with Crippen LogP contribution in [0.5, 0.6) is 0 Å². The van der Waals surface area contributed by atoms with Gasteiger partial charge in [-0.3, -0.25) is 0 Å². The van der Waals surface area contributed by atoms with Crippen LogP contribution in [0, 0.1) is 0 Å². The molecular weight excluding hydrogens is 132 g/mol. The number of alkyl halides is 1. The second-order valence-corrected chi connectivity index (χ2v) is 3.24. The minimum absolute atomic E-state index is 0.306. The number of halogens is 1. The summed E-state index contributed by atoms with van der Waals surface area (Å²) >= 11 is 5.27. The quantitative estimate of drug-likeness (QED) is 0.525. The third-order valence-electron chi connectivity index (χ3n) is 0.707. The molecular formula is C8H19Cl. The molecule has 0 radical (unpaired) electrons. The first-order valence-electron chi connectivity index (χ1n) is 3.79. The minimum Gasteiger partial charge on any atom is -0.124 e. The van der Waals surface area contributed by atoms with Crippen LogP contribution in [0.3, 0.4) is 0 Å². The highest BCUT2D eigenvalue weighted by Crippen LogP contribution is 1.88. The van der Waals surface area contributed by atoms with E-state index >= 15 is 0 Å². The lowest BCUT2D eigenvalue weighted by molar-refractivity contribution is 0.772. The van der Waals surface area contributed by atoms with Gasteiger partial charge in [0, 0.05) is 5.38 Å². The molecule has 9 heavy (non-hydrogen) atoms. The molecule has 0 nitrogen and oxygen atoms in total. The summed E-state index contributed by atoms with van der Waals surface area (Å²) in [5.74, 6) is 0. The van der Waals surface area contributed by atoms with Gasteiger partial charge in [-0.25, -0.2) is 0 Å². The zero-order valence-electron chi connectivity index (χ0n) is 7.08. The Hall–Kier alpha value is 0.290. The lowest BCUT2D eigenvalue weighted by atomic mass is 10.3. The summed E-state index contributed by atoms with van der Waals surface area (Å²) in [7, 11) is 0. The van der Waals surface area contributed by atoms with E-state index in [1.807, 2.05) is 13.8 Å². The zero-order chi connectivity index (χ0) is 7.70. The zero-order valence-corrected chi connectivity index (χ0v) is 7.83. The molecule has 1 heteroatoms. The van der Waals surface area contributed by atoms with Crippen molar-refractivity contribution in [3.63, 3.8) is 0 Å². The Balaban J connectivity index is 0. The first kappa shape index (κ1) is 12.0. The second kappa shape index (κ2) is 11.1. The molecule has 0 bridgehead atoms. The van der Waals surface area contributed by atoms with Crippen LogP contribution >= 0.6 is 11.6 Å². The summed E-state index contributed by atoms with van der Waals surface area (Å²) in [6, 6.07) is 0. The van der Waals surface area contributed by atoms with E-state index < -0.39 is 0 Å². The summed E-state index contributed by atoms with van der Waals surface area (Å²) in [6.45, 7) is 8.29. The van der Waals surface area contributed by atoms with Crippen LogP contribution in [0.15, 0.2) is 0 Å². The Bertz CT molecular complexity index is 28.8. The van der Waals surface area contributed by atoms with Gasteiger partial charge in [-0.15, -0.1) is 11.6 Å². The second-order valence-electron chi connectivity index (χ2n) is 2.37. The van der Waals surface area contributed by atoms with Crippen LogP contribution in [-0.2, 0) is 0 Å². The summed E-state index contributed by atoms with van der Waals surface area (Å²) in [4.78, 5) is 0. The average molecular weight is 151 g/mol. The Morgan fingerprint density at radius 2 is 1.33 bits per heavy atom. The molecule has 0 rings (SSSR count). The minimum atomic E-state index is 0.306. The van der Waals surface area contributed by atoms with Crippen molar-refractivity contribution >= 4 is 11.6 Å². The van der Waals surface area contributed by atoms with Crippen LogP contribution in [0.25, 0.3) is 0 Å². The molecule has 0 unspecified atom stereocenters. The van der Waals surface area contributed by atoms with Crippen molar-refractivity contribution in [3.05, 3.63) is 0 Å². The van der Waals surface area contributed by atoms with Gasteiger partial charge in [0.2, 0.25) is 0 Å². The Morgan fingerprint density at radius 1 is 1.11 bits per heavy atom. The molecule has 0 saturated heterocycles. The average Bonchev–Trinajstić information content (AvgIpc) is 1.66. The van der Waals surface area contributed by atoms with E-state index in [4.69, 9.17) is 11.6 Å². The standard InChI is InChI=1S/C5H12.C3H7Cl/c1-3-5-4-2;1-3(2)4/h3-5H2,1-2H3;3H,1-2H3. The van der Waals surface area contributed by atoms with Crippen LogP contribution in [0.1, 0.15) is 47.0 Å². The van der Waals surface area contributed by atoms with Crippen LogP contribution < -0.4 is 0 Å². The number of unbranched alkanes of at least 4 members (excludes halogenated alkanes) is 2. The molecule has 0 atom stereocenters. The molecule has 58 valence electrons. The summed E-state index contributed by atoms with van der Waals surface area (Å²) in [6.07, 6.45) is 4.08. The highest BCUT2D eigenvalue weighted by atomic mass is 35.5.